The monoisotopic (exact) mass is 284 g/mol. The molecule has 1 aromatic rings. The van der Waals surface area contributed by atoms with Gasteiger partial charge in [-0.3, -0.25) is 14.6 Å². The fourth-order valence-corrected chi connectivity index (χ4v) is 3.20. The Labute approximate surface area is 117 Å². The number of likely N-dealkylation sites (N-methyl/N-ethyl adjacent to an activating group) is 1. The van der Waals surface area contributed by atoms with Crippen LogP contribution in [0.5, 0.6) is 0 Å². The molecule has 0 saturated carbocycles. The Kier molecular flexibility index (Phi) is 5.33. The van der Waals surface area contributed by atoms with Gasteiger partial charge in [-0.05, 0) is 18.5 Å². The Morgan fingerprint density at radius 2 is 2.32 bits per heavy atom. The van der Waals surface area contributed by atoms with Crippen LogP contribution in [-0.4, -0.2) is 67.3 Å². The predicted molar refractivity (Wildman–Crippen MR) is 74.6 cm³/mol. The second kappa shape index (κ2) is 7.00. The molecular formula is C13H20N2O3S. The third kappa shape index (κ3) is 4.28. The van der Waals surface area contributed by atoms with Gasteiger partial charge >= 0.3 is 5.97 Å². The summed E-state index contributed by atoms with van der Waals surface area (Å²) in [6.45, 7) is 4.13. The van der Waals surface area contributed by atoms with E-state index in [1.807, 2.05) is 18.0 Å². The molecule has 1 unspecified atom stereocenters. The molecule has 1 saturated heterocycles. The van der Waals surface area contributed by atoms with E-state index in [9.17, 15) is 4.79 Å². The van der Waals surface area contributed by atoms with Gasteiger partial charge in [0.25, 0.3) is 0 Å². The van der Waals surface area contributed by atoms with Crippen LogP contribution >= 0.6 is 11.3 Å². The van der Waals surface area contributed by atoms with Crippen molar-refractivity contribution in [1.82, 2.24) is 9.80 Å². The van der Waals surface area contributed by atoms with Crippen molar-refractivity contribution in [2.45, 2.75) is 6.04 Å². The summed E-state index contributed by atoms with van der Waals surface area (Å²) in [4.78, 5) is 16.3. The summed E-state index contributed by atoms with van der Waals surface area (Å²) in [6.07, 6.45) is 0. The van der Waals surface area contributed by atoms with E-state index < -0.39 is 5.97 Å². The van der Waals surface area contributed by atoms with Crippen LogP contribution in [-0.2, 0) is 9.53 Å². The fourth-order valence-electron chi connectivity index (χ4n) is 2.35. The van der Waals surface area contributed by atoms with Crippen LogP contribution in [0.15, 0.2) is 17.5 Å². The molecule has 1 atom stereocenters. The Morgan fingerprint density at radius 3 is 2.89 bits per heavy atom. The van der Waals surface area contributed by atoms with Crippen molar-refractivity contribution in [3.05, 3.63) is 22.4 Å². The first-order valence-electron chi connectivity index (χ1n) is 6.42. The van der Waals surface area contributed by atoms with Gasteiger partial charge in [-0.15, -0.1) is 11.3 Å². The smallest absolute Gasteiger partial charge is 0.317 e. The summed E-state index contributed by atoms with van der Waals surface area (Å²) in [5.41, 5.74) is 0. The second-order valence-electron chi connectivity index (χ2n) is 4.77. The van der Waals surface area contributed by atoms with Crippen LogP contribution in [0.1, 0.15) is 10.9 Å². The summed E-state index contributed by atoms with van der Waals surface area (Å²) < 4.78 is 5.39. The number of carboxylic acids is 1. The van der Waals surface area contributed by atoms with Crippen LogP contribution in [0.3, 0.4) is 0 Å². The Balaban J connectivity index is 2.03. The summed E-state index contributed by atoms with van der Waals surface area (Å²) in [6, 6.07) is 4.43. The number of hydrogen-bond acceptors (Lipinski definition) is 5. The van der Waals surface area contributed by atoms with Gasteiger partial charge in [0.1, 0.15) is 0 Å². The molecule has 0 spiro atoms. The van der Waals surface area contributed by atoms with E-state index >= 15 is 0 Å². The highest BCUT2D eigenvalue weighted by Crippen LogP contribution is 2.26. The molecular weight excluding hydrogens is 264 g/mol. The first-order chi connectivity index (χ1) is 9.16. The molecule has 106 valence electrons. The predicted octanol–water partition coefficient (Wildman–Crippen LogP) is 1.14. The Hall–Kier alpha value is -0.950. The largest absolute Gasteiger partial charge is 0.480 e. The van der Waals surface area contributed by atoms with E-state index in [4.69, 9.17) is 9.84 Å². The summed E-state index contributed by atoms with van der Waals surface area (Å²) in [5.74, 6) is -0.783. The van der Waals surface area contributed by atoms with Gasteiger partial charge in [0, 0.05) is 24.5 Å². The minimum absolute atomic E-state index is 0.0756. The molecule has 1 fully saturated rings. The Bertz CT molecular complexity index is 391. The first-order valence-corrected chi connectivity index (χ1v) is 7.30. The van der Waals surface area contributed by atoms with Crippen molar-refractivity contribution in [3.8, 4) is 0 Å². The lowest BCUT2D eigenvalue weighted by Crippen LogP contribution is -2.43. The minimum atomic E-state index is -0.783. The van der Waals surface area contributed by atoms with Crippen molar-refractivity contribution in [2.24, 2.45) is 0 Å². The van der Waals surface area contributed by atoms with Crippen molar-refractivity contribution in [2.75, 3.05) is 46.4 Å². The molecule has 0 aromatic carbocycles. The first kappa shape index (κ1) is 14.5. The summed E-state index contributed by atoms with van der Waals surface area (Å²) >= 11 is 1.73. The van der Waals surface area contributed by atoms with Gasteiger partial charge in [0.2, 0.25) is 0 Å². The molecule has 19 heavy (non-hydrogen) atoms. The van der Waals surface area contributed by atoms with E-state index in [0.717, 1.165) is 32.8 Å². The molecule has 6 heteroatoms. The van der Waals surface area contributed by atoms with Crippen LogP contribution in [0, 0.1) is 0 Å². The third-order valence-electron chi connectivity index (χ3n) is 3.25. The fraction of sp³-hybridized carbons (Fsp3) is 0.615. The average Bonchev–Trinajstić information content (AvgIpc) is 2.90. The average molecular weight is 284 g/mol. The molecule has 1 N–H and O–H groups in total. The quantitative estimate of drug-likeness (QED) is 0.849. The molecule has 2 heterocycles. The lowest BCUT2D eigenvalue weighted by Gasteiger charge is -2.35. The summed E-state index contributed by atoms with van der Waals surface area (Å²) in [5, 5.41) is 10.9. The summed E-state index contributed by atoms with van der Waals surface area (Å²) in [7, 11) is 1.86. The topological polar surface area (TPSA) is 53.0 Å². The molecule has 0 amide bonds. The number of thiophene rings is 1. The van der Waals surface area contributed by atoms with Crippen LogP contribution in [0.2, 0.25) is 0 Å². The number of carboxylic acid groups (broad SMARTS) is 1. The van der Waals surface area contributed by atoms with Crippen LogP contribution in [0.25, 0.3) is 0 Å². The van der Waals surface area contributed by atoms with E-state index in [1.54, 1.807) is 11.3 Å². The number of aliphatic carboxylic acids is 1. The second-order valence-corrected chi connectivity index (χ2v) is 5.75. The maximum absolute atomic E-state index is 10.8. The van der Waals surface area contributed by atoms with Gasteiger partial charge in [-0.1, -0.05) is 6.07 Å². The van der Waals surface area contributed by atoms with Crippen LogP contribution in [0.4, 0.5) is 0 Å². The van der Waals surface area contributed by atoms with Crippen molar-refractivity contribution in [3.63, 3.8) is 0 Å². The van der Waals surface area contributed by atoms with Crippen molar-refractivity contribution >= 4 is 17.3 Å². The zero-order chi connectivity index (χ0) is 13.7. The van der Waals surface area contributed by atoms with E-state index in [2.05, 4.69) is 16.3 Å². The van der Waals surface area contributed by atoms with E-state index in [0.29, 0.717) is 0 Å². The minimum Gasteiger partial charge on any atom is -0.480 e. The molecule has 0 aliphatic carbocycles. The van der Waals surface area contributed by atoms with Gasteiger partial charge in [0.05, 0.1) is 25.8 Å². The zero-order valence-corrected chi connectivity index (χ0v) is 11.9. The van der Waals surface area contributed by atoms with Gasteiger partial charge in [-0.25, -0.2) is 0 Å². The number of hydrogen-bond donors (Lipinski definition) is 1. The lowest BCUT2D eigenvalue weighted by molar-refractivity contribution is -0.138. The molecule has 0 bridgehead atoms. The van der Waals surface area contributed by atoms with Crippen molar-refractivity contribution < 1.29 is 14.6 Å². The zero-order valence-electron chi connectivity index (χ0n) is 11.1. The molecule has 1 aliphatic heterocycles. The maximum atomic E-state index is 10.8. The van der Waals surface area contributed by atoms with E-state index in [-0.39, 0.29) is 12.6 Å². The molecule has 0 radical (unpaired) electrons. The van der Waals surface area contributed by atoms with Gasteiger partial charge in [-0.2, -0.15) is 0 Å². The molecule has 5 nitrogen and oxygen atoms in total. The standard InChI is InChI=1S/C13H20N2O3S/c1-14(10-13(16)17)9-11(12-3-2-8-19-12)15-4-6-18-7-5-15/h2-3,8,11H,4-7,9-10H2,1H3,(H,16,17). The number of carbonyl (C=O) groups is 1. The highest BCUT2D eigenvalue weighted by atomic mass is 32.1. The lowest BCUT2D eigenvalue weighted by atomic mass is 10.1. The van der Waals surface area contributed by atoms with Crippen molar-refractivity contribution in [1.29, 1.82) is 0 Å². The highest BCUT2D eigenvalue weighted by molar-refractivity contribution is 7.10. The molecule has 1 aromatic heterocycles. The maximum Gasteiger partial charge on any atom is 0.317 e. The molecule has 1 aliphatic rings. The Morgan fingerprint density at radius 1 is 1.58 bits per heavy atom. The molecule has 2 rings (SSSR count). The number of rotatable bonds is 6. The SMILES string of the molecule is CN(CC(=O)O)CC(c1cccs1)N1CCOCC1. The van der Waals surface area contributed by atoms with E-state index in [1.165, 1.54) is 4.88 Å². The number of ether oxygens (including phenoxy) is 1. The number of nitrogens with zero attached hydrogens (tertiary/aromatic N) is 2. The third-order valence-corrected chi connectivity index (χ3v) is 4.22. The number of morpholine rings is 1. The van der Waals surface area contributed by atoms with Gasteiger partial charge < -0.3 is 9.84 Å². The normalized spacial score (nSPS) is 18.6. The van der Waals surface area contributed by atoms with Crippen LogP contribution < -0.4 is 0 Å². The van der Waals surface area contributed by atoms with Gasteiger partial charge in [0.15, 0.2) is 0 Å². The highest BCUT2D eigenvalue weighted by Gasteiger charge is 2.25.